The highest BCUT2D eigenvalue weighted by molar-refractivity contribution is 5.25. The Bertz CT molecular complexity index is 334. The highest BCUT2D eigenvalue weighted by atomic mass is 16.5. The van der Waals surface area contributed by atoms with E-state index in [0.29, 0.717) is 6.61 Å². The summed E-state index contributed by atoms with van der Waals surface area (Å²) < 4.78 is 10.7. The number of hydrogen-bond acceptors (Lipinski definition) is 5. The van der Waals surface area contributed by atoms with Crippen LogP contribution in [0.5, 0.6) is 5.75 Å². The zero-order valence-electron chi connectivity index (χ0n) is 11.2. The molecular weight excluding hydrogens is 230 g/mol. The van der Waals surface area contributed by atoms with Gasteiger partial charge in [0.1, 0.15) is 5.75 Å². The molecule has 0 aromatic carbocycles. The van der Waals surface area contributed by atoms with Crippen LogP contribution in [0.3, 0.4) is 0 Å². The van der Waals surface area contributed by atoms with E-state index in [4.69, 9.17) is 15.3 Å². The Balaban J connectivity index is 2.54. The summed E-state index contributed by atoms with van der Waals surface area (Å²) in [5, 5.41) is 0. The first-order valence-electron chi connectivity index (χ1n) is 6.43. The summed E-state index contributed by atoms with van der Waals surface area (Å²) in [4.78, 5) is 4.16. The number of pyridine rings is 1. The molecule has 0 radical (unpaired) electrons. The van der Waals surface area contributed by atoms with Gasteiger partial charge < -0.3 is 9.47 Å². The number of nitrogens with two attached hydrogens (primary N) is 1. The molecule has 1 unspecified atom stereocenters. The smallest absolute Gasteiger partial charge is 0.137 e. The first kappa shape index (κ1) is 14.9. The summed E-state index contributed by atoms with van der Waals surface area (Å²) in [6, 6.07) is 2.06. The van der Waals surface area contributed by atoms with Crippen LogP contribution in [0.2, 0.25) is 0 Å². The number of rotatable bonds is 9. The zero-order valence-corrected chi connectivity index (χ0v) is 11.2. The van der Waals surface area contributed by atoms with Crippen molar-refractivity contribution in [2.45, 2.75) is 32.7 Å². The molecule has 0 saturated heterocycles. The average molecular weight is 253 g/mol. The molecule has 0 saturated carbocycles. The van der Waals surface area contributed by atoms with Crippen molar-refractivity contribution in [2.24, 2.45) is 5.84 Å². The normalized spacial score (nSPS) is 12.4. The van der Waals surface area contributed by atoms with Crippen LogP contribution < -0.4 is 16.0 Å². The van der Waals surface area contributed by atoms with Crippen molar-refractivity contribution in [1.29, 1.82) is 0 Å². The zero-order chi connectivity index (χ0) is 13.2. The van der Waals surface area contributed by atoms with Crippen molar-refractivity contribution in [1.82, 2.24) is 10.4 Å². The van der Waals surface area contributed by atoms with Crippen molar-refractivity contribution in [3.05, 3.63) is 24.0 Å². The number of ether oxygens (including phenoxy) is 2. The lowest BCUT2D eigenvalue weighted by molar-refractivity contribution is 0.141. The van der Waals surface area contributed by atoms with E-state index in [9.17, 15) is 0 Å². The molecule has 0 aliphatic rings. The van der Waals surface area contributed by atoms with Crippen LogP contribution in [0.1, 0.15) is 38.3 Å². The molecule has 5 heteroatoms. The standard InChI is InChI=1S/C13H23N3O2/c1-3-17-7-5-6-13(16-14)11-8-12(18-4-2)10-15-9-11/h8-10,13,16H,3-7,14H2,1-2H3. The lowest BCUT2D eigenvalue weighted by Crippen LogP contribution is -2.28. The molecule has 0 fully saturated rings. The molecule has 102 valence electrons. The van der Waals surface area contributed by atoms with Gasteiger partial charge in [0.25, 0.3) is 0 Å². The van der Waals surface area contributed by atoms with Crippen LogP contribution in [0.25, 0.3) is 0 Å². The van der Waals surface area contributed by atoms with Gasteiger partial charge in [0, 0.05) is 25.5 Å². The second-order valence-corrected chi connectivity index (χ2v) is 3.95. The Morgan fingerprint density at radius 2 is 2.17 bits per heavy atom. The summed E-state index contributed by atoms with van der Waals surface area (Å²) in [6.07, 6.45) is 5.39. The Kier molecular flexibility index (Phi) is 7.32. The van der Waals surface area contributed by atoms with E-state index in [1.165, 1.54) is 0 Å². The molecule has 3 N–H and O–H groups in total. The Hall–Kier alpha value is -1.17. The maximum Gasteiger partial charge on any atom is 0.137 e. The molecule has 0 aliphatic carbocycles. The monoisotopic (exact) mass is 253 g/mol. The highest BCUT2D eigenvalue weighted by Gasteiger charge is 2.10. The fraction of sp³-hybridized carbons (Fsp3) is 0.615. The SMILES string of the molecule is CCOCCCC(NN)c1cncc(OCC)c1. The third-order valence-electron chi connectivity index (χ3n) is 2.63. The number of aromatic nitrogens is 1. The van der Waals surface area contributed by atoms with Gasteiger partial charge in [0.15, 0.2) is 0 Å². The maximum absolute atomic E-state index is 5.58. The first-order valence-corrected chi connectivity index (χ1v) is 6.43. The van der Waals surface area contributed by atoms with Gasteiger partial charge in [0.2, 0.25) is 0 Å². The van der Waals surface area contributed by atoms with Crippen LogP contribution in [0.15, 0.2) is 18.5 Å². The molecular formula is C13H23N3O2. The third kappa shape index (κ3) is 5.00. The second kappa shape index (κ2) is 8.85. The molecule has 1 aromatic rings. The first-order chi connectivity index (χ1) is 8.81. The van der Waals surface area contributed by atoms with E-state index < -0.39 is 0 Å². The summed E-state index contributed by atoms with van der Waals surface area (Å²) in [6.45, 7) is 6.09. The van der Waals surface area contributed by atoms with Gasteiger partial charge in [-0.1, -0.05) is 0 Å². The molecule has 0 spiro atoms. The van der Waals surface area contributed by atoms with E-state index in [-0.39, 0.29) is 6.04 Å². The molecule has 5 nitrogen and oxygen atoms in total. The number of hydrogen-bond donors (Lipinski definition) is 2. The van der Waals surface area contributed by atoms with E-state index in [1.54, 1.807) is 6.20 Å². The lowest BCUT2D eigenvalue weighted by atomic mass is 10.0. The summed E-state index contributed by atoms with van der Waals surface area (Å²) in [5.41, 5.74) is 3.86. The van der Waals surface area contributed by atoms with Gasteiger partial charge in [-0.2, -0.15) is 0 Å². The predicted molar refractivity (Wildman–Crippen MR) is 71.2 cm³/mol. The predicted octanol–water partition coefficient (Wildman–Crippen LogP) is 1.80. The molecule has 0 aliphatic heterocycles. The summed E-state index contributed by atoms with van der Waals surface area (Å²) in [7, 11) is 0. The Labute approximate surface area is 109 Å². The third-order valence-corrected chi connectivity index (χ3v) is 2.63. The number of hydrazine groups is 1. The average Bonchev–Trinajstić information content (AvgIpc) is 2.40. The molecule has 1 atom stereocenters. The van der Waals surface area contributed by atoms with Crippen molar-refractivity contribution >= 4 is 0 Å². The highest BCUT2D eigenvalue weighted by Crippen LogP contribution is 2.21. The Morgan fingerprint density at radius 3 is 2.83 bits per heavy atom. The van der Waals surface area contributed by atoms with Crippen molar-refractivity contribution < 1.29 is 9.47 Å². The molecule has 1 heterocycles. The van der Waals surface area contributed by atoms with Crippen molar-refractivity contribution in [3.8, 4) is 5.75 Å². The van der Waals surface area contributed by atoms with Gasteiger partial charge in [-0.25, -0.2) is 0 Å². The van der Waals surface area contributed by atoms with E-state index in [2.05, 4.69) is 10.4 Å². The van der Waals surface area contributed by atoms with Gasteiger partial charge in [-0.3, -0.25) is 16.3 Å². The van der Waals surface area contributed by atoms with Crippen LogP contribution >= 0.6 is 0 Å². The molecule has 0 bridgehead atoms. The van der Waals surface area contributed by atoms with Gasteiger partial charge in [0.05, 0.1) is 12.8 Å². The van der Waals surface area contributed by atoms with Crippen LogP contribution in [-0.2, 0) is 4.74 Å². The molecule has 1 rings (SSSR count). The van der Waals surface area contributed by atoms with Crippen LogP contribution in [-0.4, -0.2) is 24.8 Å². The minimum atomic E-state index is 0.0818. The minimum Gasteiger partial charge on any atom is -0.492 e. The summed E-state index contributed by atoms with van der Waals surface area (Å²) in [5.74, 6) is 6.36. The van der Waals surface area contributed by atoms with Crippen LogP contribution in [0, 0.1) is 0 Å². The number of nitrogens with zero attached hydrogens (tertiary/aromatic N) is 1. The topological polar surface area (TPSA) is 69.4 Å². The number of nitrogens with one attached hydrogen (secondary N) is 1. The molecule has 1 aromatic heterocycles. The Morgan fingerprint density at radius 1 is 1.33 bits per heavy atom. The van der Waals surface area contributed by atoms with Gasteiger partial charge >= 0.3 is 0 Å². The maximum atomic E-state index is 5.58. The van der Waals surface area contributed by atoms with Gasteiger partial charge in [-0.15, -0.1) is 0 Å². The fourth-order valence-corrected chi connectivity index (χ4v) is 1.75. The van der Waals surface area contributed by atoms with E-state index in [1.807, 2.05) is 26.1 Å². The lowest BCUT2D eigenvalue weighted by Gasteiger charge is -2.16. The van der Waals surface area contributed by atoms with Gasteiger partial charge in [-0.05, 0) is 38.3 Å². The minimum absolute atomic E-state index is 0.0818. The quantitative estimate of drug-likeness (QED) is 0.399. The largest absolute Gasteiger partial charge is 0.492 e. The van der Waals surface area contributed by atoms with Crippen molar-refractivity contribution in [3.63, 3.8) is 0 Å². The summed E-state index contributed by atoms with van der Waals surface area (Å²) >= 11 is 0. The molecule has 0 amide bonds. The van der Waals surface area contributed by atoms with E-state index in [0.717, 1.165) is 37.4 Å². The van der Waals surface area contributed by atoms with Crippen molar-refractivity contribution in [2.75, 3.05) is 19.8 Å². The van der Waals surface area contributed by atoms with E-state index >= 15 is 0 Å². The fourth-order valence-electron chi connectivity index (χ4n) is 1.75. The molecule has 18 heavy (non-hydrogen) atoms. The second-order valence-electron chi connectivity index (χ2n) is 3.95. The van der Waals surface area contributed by atoms with Crippen LogP contribution in [0.4, 0.5) is 0 Å².